The first-order chi connectivity index (χ1) is 12.3. The van der Waals surface area contributed by atoms with Crippen LogP contribution < -0.4 is 11.1 Å². The molecule has 142 valence electrons. The zero-order chi connectivity index (χ0) is 18.9. The van der Waals surface area contributed by atoms with Crippen molar-refractivity contribution in [2.24, 2.45) is 5.73 Å². The molecule has 0 unspecified atom stereocenters. The van der Waals surface area contributed by atoms with Gasteiger partial charge in [0.05, 0.1) is 12.1 Å². The van der Waals surface area contributed by atoms with Crippen LogP contribution in [0.15, 0.2) is 24.3 Å². The third-order valence-corrected chi connectivity index (χ3v) is 5.21. The minimum absolute atomic E-state index is 0.0437. The Morgan fingerprint density at radius 2 is 2.08 bits per heavy atom. The molecule has 26 heavy (non-hydrogen) atoms. The number of carbonyl (C=O) groups is 2. The number of nitrogens with zero attached hydrogens (tertiary/aromatic N) is 1. The van der Waals surface area contributed by atoms with Crippen LogP contribution in [-0.2, 0) is 15.8 Å². The summed E-state index contributed by atoms with van der Waals surface area (Å²) in [7, 11) is 0. The average Bonchev–Trinajstić information content (AvgIpc) is 2.85. The van der Waals surface area contributed by atoms with Crippen molar-refractivity contribution < 1.29 is 22.8 Å². The number of rotatable bonds is 3. The normalized spacial score (nSPS) is 27.3. The summed E-state index contributed by atoms with van der Waals surface area (Å²) in [6.07, 6.45) is -1.15. The summed E-state index contributed by atoms with van der Waals surface area (Å²) in [6, 6.07) is 4.47. The lowest BCUT2D eigenvalue weighted by Gasteiger charge is -2.32. The second kappa shape index (κ2) is 7.26. The summed E-state index contributed by atoms with van der Waals surface area (Å²) in [5.41, 5.74) is 5.15. The number of hydrogen-bond acceptors (Lipinski definition) is 3. The van der Waals surface area contributed by atoms with E-state index in [0.717, 1.165) is 31.4 Å². The molecule has 2 fully saturated rings. The van der Waals surface area contributed by atoms with Crippen molar-refractivity contribution in [1.82, 2.24) is 10.2 Å². The van der Waals surface area contributed by atoms with Crippen molar-refractivity contribution in [2.45, 2.75) is 56.4 Å². The topological polar surface area (TPSA) is 75.4 Å². The summed E-state index contributed by atoms with van der Waals surface area (Å²) in [5.74, 6) is -0.584. The van der Waals surface area contributed by atoms with Crippen LogP contribution in [0.2, 0.25) is 0 Å². The van der Waals surface area contributed by atoms with Gasteiger partial charge in [0, 0.05) is 24.5 Å². The van der Waals surface area contributed by atoms with Gasteiger partial charge in [0.1, 0.15) is 0 Å². The lowest BCUT2D eigenvalue weighted by atomic mass is 9.97. The van der Waals surface area contributed by atoms with Crippen molar-refractivity contribution in [2.75, 3.05) is 6.54 Å². The van der Waals surface area contributed by atoms with Gasteiger partial charge in [0.25, 0.3) is 0 Å². The molecule has 2 heterocycles. The van der Waals surface area contributed by atoms with Crippen LogP contribution in [0.5, 0.6) is 0 Å². The fraction of sp³-hybridized carbons (Fsp3) is 0.556. The predicted octanol–water partition coefficient (Wildman–Crippen LogP) is 2.36. The van der Waals surface area contributed by atoms with Crippen LogP contribution in [0.1, 0.15) is 49.3 Å². The minimum Gasteiger partial charge on any atom is -0.369 e. The fourth-order valence-corrected chi connectivity index (χ4v) is 4.09. The molecule has 2 aliphatic heterocycles. The number of fused-ring (bicyclic) bond motifs is 1. The van der Waals surface area contributed by atoms with Crippen LogP contribution >= 0.6 is 0 Å². The molecule has 8 heteroatoms. The van der Waals surface area contributed by atoms with Gasteiger partial charge in [-0.15, -0.1) is 0 Å². The molecule has 1 aromatic carbocycles. The zero-order valence-electron chi connectivity index (χ0n) is 14.3. The van der Waals surface area contributed by atoms with Gasteiger partial charge in [-0.1, -0.05) is 18.6 Å². The maximum Gasteiger partial charge on any atom is 0.416 e. The van der Waals surface area contributed by atoms with Gasteiger partial charge < -0.3 is 11.1 Å². The Morgan fingerprint density at radius 1 is 1.31 bits per heavy atom. The highest BCUT2D eigenvalue weighted by molar-refractivity contribution is 5.77. The van der Waals surface area contributed by atoms with Gasteiger partial charge in [-0.2, -0.15) is 13.2 Å². The Balaban J connectivity index is 1.94. The SMILES string of the molecule is NC(=O)CN1[C@H](c2cccc(C(F)(F)F)c2)C[C@H]2NC(=O)CCCC[C@@H]21. The van der Waals surface area contributed by atoms with Crippen LogP contribution in [0.4, 0.5) is 13.2 Å². The van der Waals surface area contributed by atoms with Crippen molar-refractivity contribution in [1.29, 1.82) is 0 Å². The van der Waals surface area contributed by atoms with Crippen molar-refractivity contribution >= 4 is 11.8 Å². The summed E-state index contributed by atoms with van der Waals surface area (Å²) >= 11 is 0. The van der Waals surface area contributed by atoms with E-state index < -0.39 is 23.7 Å². The second-order valence-electron chi connectivity index (χ2n) is 7.00. The van der Waals surface area contributed by atoms with E-state index in [0.29, 0.717) is 18.4 Å². The van der Waals surface area contributed by atoms with E-state index >= 15 is 0 Å². The Labute approximate surface area is 149 Å². The van der Waals surface area contributed by atoms with Crippen LogP contribution in [0.25, 0.3) is 0 Å². The number of amides is 2. The number of carbonyl (C=O) groups excluding carboxylic acids is 2. The third kappa shape index (κ3) is 4.00. The van der Waals surface area contributed by atoms with E-state index in [1.807, 2.05) is 4.90 Å². The average molecular weight is 369 g/mol. The van der Waals surface area contributed by atoms with Gasteiger partial charge in [0.15, 0.2) is 0 Å². The number of nitrogens with two attached hydrogens (primary N) is 1. The summed E-state index contributed by atoms with van der Waals surface area (Å²) in [6.45, 7) is -0.0437. The monoisotopic (exact) mass is 369 g/mol. The van der Waals surface area contributed by atoms with Crippen molar-refractivity contribution in [3.05, 3.63) is 35.4 Å². The lowest BCUT2D eigenvalue weighted by molar-refractivity contribution is -0.137. The Kier molecular flexibility index (Phi) is 5.22. The number of hydrogen-bond donors (Lipinski definition) is 2. The van der Waals surface area contributed by atoms with E-state index in [-0.39, 0.29) is 24.5 Å². The number of alkyl halides is 3. The first kappa shape index (κ1) is 18.7. The number of likely N-dealkylation sites (tertiary alicyclic amines) is 1. The molecule has 2 aliphatic rings. The number of benzene rings is 1. The molecule has 5 nitrogen and oxygen atoms in total. The molecule has 0 radical (unpaired) electrons. The van der Waals surface area contributed by atoms with E-state index in [9.17, 15) is 22.8 Å². The highest BCUT2D eigenvalue weighted by Gasteiger charge is 2.43. The Morgan fingerprint density at radius 3 is 2.77 bits per heavy atom. The highest BCUT2D eigenvalue weighted by atomic mass is 19.4. The van der Waals surface area contributed by atoms with Crippen molar-refractivity contribution in [3.8, 4) is 0 Å². The molecule has 3 N–H and O–H groups in total. The summed E-state index contributed by atoms with van der Waals surface area (Å²) in [5, 5.41) is 2.97. The van der Waals surface area contributed by atoms with Gasteiger partial charge in [-0.3, -0.25) is 14.5 Å². The van der Waals surface area contributed by atoms with E-state index in [2.05, 4.69) is 5.32 Å². The molecule has 0 spiro atoms. The smallest absolute Gasteiger partial charge is 0.369 e. The molecule has 0 saturated carbocycles. The highest BCUT2D eigenvalue weighted by Crippen LogP contribution is 2.40. The second-order valence-corrected chi connectivity index (χ2v) is 7.00. The maximum atomic E-state index is 13.1. The molecular weight excluding hydrogens is 347 g/mol. The predicted molar refractivity (Wildman–Crippen MR) is 88.9 cm³/mol. The fourth-order valence-electron chi connectivity index (χ4n) is 4.09. The van der Waals surface area contributed by atoms with Gasteiger partial charge in [-0.05, 0) is 37.0 Å². The van der Waals surface area contributed by atoms with Gasteiger partial charge >= 0.3 is 6.18 Å². The van der Waals surface area contributed by atoms with E-state index in [1.54, 1.807) is 6.07 Å². The minimum atomic E-state index is -4.43. The Bertz CT molecular complexity index is 693. The van der Waals surface area contributed by atoms with Gasteiger partial charge in [-0.25, -0.2) is 0 Å². The first-order valence-corrected chi connectivity index (χ1v) is 8.76. The molecule has 2 amide bonds. The largest absolute Gasteiger partial charge is 0.416 e. The van der Waals surface area contributed by atoms with Crippen LogP contribution in [-0.4, -0.2) is 35.3 Å². The van der Waals surface area contributed by atoms with Gasteiger partial charge in [0.2, 0.25) is 11.8 Å². The standard InChI is InChI=1S/C18H22F3N3O2/c19-18(20,21)12-5-3-4-11(8-12)15-9-13-14(24(15)10-16(22)25)6-1-2-7-17(26)23-13/h3-5,8,13-15H,1-2,6-7,9-10H2,(H2,22,25)(H,23,26)/t13-,14+,15+/m1/s1. The molecule has 3 atom stereocenters. The Hall–Kier alpha value is -2.09. The number of nitrogens with one attached hydrogen (secondary N) is 1. The molecule has 2 saturated heterocycles. The van der Waals surface area contributed by atoms with Crippen LogP contribution in [0, 0.1) is 0 Å². The lowest BCUT2D eigenvalue weighted by Crippen LogP contribution is -2.48. The van der Waals surface area contributed by atoms with Crippen LogP contribution in [0.3, 0.4) is 0 Å². The number of primary amides is 1. The zero-order valence-corrected chi connectivity index (χ0v) is 14.3. The molecule has 0 aliphatic carbocycles. The van der Waals surface area contributed by atoms with E-state index in [1.165, 1.54) is 6.07 Å². The third-order valence-electron chi connectivity index (χ3n) is 5.21. The molecule has 0 aromatic heterocycles. The molecule has 3 rings (SSSR count). The summed E-state index contributed by atoms with van der Waals surface area (Å²) in [4.78, 5) is 25.4. The first-order valence-electron chi connectivity index (χ1n) is 8.76. The maximum absolute atomic E-state index is 13.1. The summed E-state index contributed by atoms with van der Waals surface area (Å²) < 4.78 is 39.2. The van der Waals surface area contributed by atoms with E-state index in [4.69, 9.17) is 5.73 Å². The molecule has 1 aromatic rings. The number of halogens is 3. The molecule has 0 bridgehead atoms. The molecular formula is C18H22F3N3O2. The quantitative estimate of drug-likeness (QED) is 0.859. The van der Waals surface area contributed by atoms with Crippen molar-refractivity contribution in [3.63, 3.8) is 0 Å².